The molecule has 1 rings (SSSR count). The fraction of sp³-hybridized carbons (Fsp3) is 0.600. The molecule has 1 aromatic rings. The monoisotopic (exact) mass is 342 g/mol. The van der Waals surface area contributed by atoms with Crippen LogP contribution in [0.5, 0.6) is 5.75 Å². The zero-order valence-corrected chi connectivity index (χ0v) is 14.4. The summed E-state index contributed by atoms with van der Waals surface area (Å²) in [6.07, 6.45) is 5.84. The fourth-order valence-corrected chi connectivity index (χ4v) is 5.45. The molecule has 1 N–H and O–H groups in total. The van der Waals surface area contributed by atoms with Gasteiger partial charge in [-0.3, -0.25) is 0 Å². The summed E-state index contributed by atoms with van der Waals surface area (Å²) in [5.74, 6) is 0.368. The molecule has 0 aliphatic heterocycles. The number of para-hydroxylation sites is 1. The second-order valence-electron chi connectivity index (χ2n) is 4.24. The summed E-state index contributed by atoms with van der Waals surface area (Å²) in [5.41, 5.74) is 0.924. The van der Waals surface area contributed by atoms with Crippen molar-refractivity contribution in [2.45, 2.75) is 55.3 Å². The molecule has 0 atom stereocenters. The average molecular weight is 341 g/mol. The predicted molar refractivity (Wildman–Crippen MR) is 78.0 cm³/mol. The van der Waals surface area contributed by atoms with Crippen LogP contribution in [0.2, 0.25) is 8.87 Å². The minimum absolute atomic E-state index is 0.149. The Bertz CT molecular complexity index is 246. The maximum Gasteiger partial charge on any atom is 0.118 e. The number of aryl methyl sites for hydroxylation is 1. The van der Waals surface area contributed by atoms with Gasteiger partial charge in [-0.2, -0.15) is 0 Å². The summed E-state index contributed by atoms with van der Waals surface area (Å²) >= 11 is 0.149. The zero-order chi connectivity index (χ0) is 12.9. The van der Waals surface area contributed by atoms with E-state index in [1.807, 2.05) is 25.1 Å². The maximum absolute atomic E-state index is 8.92. The van der Waals surface area contributed by atoms with Crippen molar-refractivity contribution in [1.29, 1.82) is 0 Å². The van der Waals surface area contributed by atoms with Gasteiger partial charge in [0, 0.05) is 0 Å². The molecule has 0 bridgehead atoms. The first kappa shape index (κ1) is 16.8. The molecule has 0 saturated carbocycles. The predicted octanol–water partition coefficient (Wildman–Crippen LogP) is 4.83. The quantitative estimate of drug-likeness (QED) is 0.581. The Morgan fingerprint density at radius 1 is 1.00 bits per heavy atom. The summed E-state index contributed by atoms with van der Waals surface area (Å²) < 4.78 is 3.25. The molecule has 0 aromatic heterocycles. The normalized spacial score (nSPS) is 9.12. The molecule has 0 saturated heterocycles. The third kappa shape index (κ3) is 10.7. The minimum Gasteiger partial charge on any atom is -0.508 e. The fourth-order valence-electron chi connectivity index (χ4n) is 1.29. The topological polar surface area (TPSA) is 20.2 Å². The Balaban J connectivity index is 0.000000302. The van der Waals surface area contributed by atoms with Gasteiger partial charge >= 0.3 is 69.5 Å². The second kappa shape index (κ2) is 12.3. The van der Waals surface area contributed by atoms with Crippen molar-refractivity contribution >= 4 is 21.1 Å². The number of hydrogen-bond acceptors (Lipinski definition) is 1. The van der Waals surface area contributed by atoms with Crippen molar-refractivity contribution in [1.82, 2.24) is 0 Å². The van der Waals surface area contributed by atoms with Crippen LogP contribution in [0.25, 0.3) is 0 Å². The molecule has 0 aliphatic carbocycles. The van der Waals surface area contributed by atoms with E-state index in [-0.39, 0.29) is 21.1 Å². The number of phenols is 1. The first-order chi connectivity index (χ1) is 8.22. The smallest absolute Gasteiger partial charge is 0.118 e. The molecular formula is C15H26OSn+2. The van der Waals surface area contributed by atoms with E-state index in [2.05, 4.69) is 13.8 Å². The molecule has 17 heavy (non-hydrogen) atoms. The molecule has 94 valence electrons. The Morgan fingerprint density at radius 3 is 1.88 bits per heavy atom. The van der Waals surface area contributed by atoms with Gasteiger partial charge in [0.1, 0.15) is 5.75 Å². The number of rotatable bonds is 6. The van der Waals surface area contributed by atoms with E-state index in [0.29, 0.717) is 5.75 Å². The number of phenolic OH excluding ortho intramolecular Hbond substituents is 1. The van der Waals surface area contributed by atoms with E-state index in [4.69, 9.17) is 5.11 Å². The van der Waals surface area contributed by atoms with Gasteiger partial charge in [0.05, 0.1) is 0 Å². The van der Waals surface area contributed by atoms with Gasteiger partial charge in [0.15, 0.2) is 0 Å². The average Bonchev–Trinajstić information content (AvgIpc) is 2.34. The van der Waals surface area contributed by atoms with Gasteiger partial charge in [-0.25, -0.2) is 0 Å². The summed E-state index contributed by atoms with van der Waals surface area (Å²) in [6.45, 7) is 6.45. The third-order valence-electron chi connectivity index (χ3n) is 2.53. The van der Waals surface area contributed by atoms with Crippen LogP contribution < -0.4 is 0 Å². The molecule has 1 nitrogen and oxygen atoms in total. The zero-order valence-electron chi connectivity index (χ0n) is 11.5. The third-order valence-corrected chi connectivity index (χ3v) is 6.57. The maximum atomic E-state index is 8.92. The van der Waals surface area contributed by atoms with Gasteiger partial charge in [0.2, 0.25) is 0 Å². The van der Waals surface area contributed by atoms with Crippen LogP contribution in [0, 0.1) is 6.92 Å². The van der Waals surface area contributed by atoms with Crippen LogP contribution in [-0.2, 0) is 0 Å². The first-order valence-electron chi connectivity index (χ1n) is 6.67. The van der Waals surface area contributed by atoms with E-state index < -0.39 is 0 Å². The molecule has 1 aromatic carbocycles. The van der Waals surface area contributed by atoms with Crippen molar-refractivity contribution in [3.05, 3.63) is 29.8 Å². The molecule has 0 amide bonds. The van der Waals surface area contributed by atoms with Crippen LogP contribution in [-0.4, -0.2) is 26.2 Å². The molecule has 0 radical (unpaired) electrons. The van der Waals surface area contributed by atoms with Gasteiger partial charge in [-0.05, 0) is 18.6 Å². The first-order valence-corrected chi connectivity index (χ1v) is 10.7. The van der Waals surface area contributed by atoms with Crippen LogP contribution in [0.3, 0.4) is 0 Å². The Hall–Kier alpha value is -0.181. The largest absolute Gasteiger partial charge is 0.508 e. The van der Waals surface area contributed by atoms with Gasteiger partial charge in [0.25, 0.3) is 0 Å². The molecule has 0 heterocycles. The van der Waals surface area contributed by atoms with Gasteiger partial charge in [-0.1, -0.05) is 18.2 Å². The number of aromatic hydroxyl groups is 1. The Morgan fingerprint density at radius 2 is 1.53 bits per heavy atom. The molecule has 0 fully saturated rings. The van der Waals surface area contributed by atoms with Crippen LogP contribution in [0.1, 0.15) is 45.1 Å². The van der Waals surface area contributed by atoms with E-state index in [1.165, 1.54) is 25.7 Å². The van der Waals surface area contributed by atoms with Gasteiger partial charge < -0.3 is 5.11 Å². The van der Waals surface area contributed by atoms with Crippen molar-refractivity contribution < 1.29 is 5.11 Å². The van der Waals surface area contributed by atoms with E-state index in [9.17, 15) is 0 Å². The summed E-state index contributed by atoms with van der Waals surface area (Å²) in [6, 6.07) is 7.25. The summed E-state index contributed by atoms with van der Waals surface area (Å²) in [7, 11) is 0. The van der Waals surface area contributed by atoms with Crippen LogP contribution in [0.15, 0.2) is 24.3 Å². The minimum atomic E-state index is 0.149. The van der Waals surface area contributed by atoms with Crippen LogP contribution in [0.4, 0.5) is 0 Å². The molecule has 2 heteroatoms. The number of benzene rings is 1. The SMILES string of the molecule is CCC[CH2][Sn+2][CH2]CCC.Cc1ccccc1O. The summed E-state index contributed by atoms with van der Waals surface area (Å²) in [5, 5.41) is 8.92. The molecular weight excluding hydrogens is 315 g/mol. The van der Waals surface area contributed by atoms with E-state index in [0.717, 1.165) is 5.56 Å². The second-order valence-corrected chi connectivity index (χ2v) is 8.52. The Labute approximate surface area is 117 Å². The van der Waals surface area contributed by atoms with Crippen molar-refractivity contribution in [3.8, 4) is 5.75 Å². The molecule has 0 unspecified atom stereocenters. The number of unbranched alkanes of at least 4 members (excludes halogenated alkanes) is 2. The van der Waals surface area contributed by atoms with Crippen molar-refractivity contribution in [2.24, 2.45) is 0 Å². The van der Waals surface area contributed by atoms with E-state index in [1.54, 1.807) is 14.9 Å². The standard InChI is InChI=1S/C7H8O.2C4H9.Sn/c1-6-4-2-3-5-7(6)8;2*1-3-4-2;/h2-5,8H,1H3;2*1,3-4H2,2H3;/q;;;+2. The number of hydrogen-bond donors (Lipinski definition) is 1. The molecule has 0 aliphatic rings. The Kier molecular flexibility index (Phi) is 12.1. The summed E-state index contributed by atoms with van der Waals surface area (Å²) in [4.78, 5) is 0. The van der Waals surface area contributed by atoms with Gasteiger partial charge in [-0.15, -0.1) is 0 Å². The van der Waals surface area contributed by atoms with Crippen molar-refractivity contribution in [2.75, 3.05) is 0 Å². The van der Waals surface area contributed by atoms with E-state index >= 15 is 0 Å². The molecule has 0 spiro atoms. The van der Waals surface area contributed by atoms with Crippen LogP contribution >= 0.6 is 0 Å². The van der Waals surface area contributed by atoms with Crippen molar-refractivity contribution in [3.63, 3.8) is 0 Å².